The zero-order valence-corrected chi connectivity index (χ0v) is 11.7. The van der Waals surface area contributed by atoms with Crippen molar-refractivity contribution < 1.29 is 18.5 Å². The highest BCUT2D eigenvalue weighted by Gasteiger charge is 2.29. The fraction of sp³-hybridized carbons (Fsp3) is 0.429. The molecular formula is C14H14N2O5. The molecule has 0 spiro atoms. The fourth-order valence-corrected chi connectivity index (χ4v) is 2.09. The number of hydrogen-bond acceptors (Lipinski definition) is 7. The second-order valence-electron chi connectivity index (χ2n) is 5.08. The van der Waals surface area contributed by atoms with E-state index in [-0.39, 0.29) is 17.9 Å². The molecule has 7 heteroatoms. The van der Waals surface area contributed by atoms with Crippen LogP contribution in [0.4, 0.5) is 0 Å². The lowest BCUT2D eigenvalue weighted by Crippen LogP contribution is -2.13. The van der Waals surface area contributed by atoms with Crippen LogP contribution in [0, 0.1) is 13.8 Å². The summed E-state index contributed by atoms with van der Waals surface area (Å²) in [5.74, 6) is 0.940. The van der Waals surface area contributed by atoms with E-state index in [2.05, 4.69) is 10.1 Å². The third kappa shape index (κ3) is 2.86. The Hall–Kier alpha value is -2.44. The van der Waals surface area contributed by atoms with E-state index in [0.29, 0.717) is 23.2 Å². The summed E-state index contributed by atoms with van der Waals surface area (Å²) in [4.78, 5) is 27.4. The number of aryl methyl sites for hydroxylation is 2. The van der Waals surface area contributed by atoms with E-state index in [1.54, 1.807) is 13.8 Å². The van der Waals surface area contributed by atoms with E-state index in [9.17, 15) is 9.59 Å². The molecule has 0 atom stereocenters. The molecule has 2 heterocycles. The molecule has 0 saturated heterocycles. The monoisotopic (exact) mass is 290 g/mol. The van der Waals surface area contributed by atoms with Crippen LogP contribution in [0.5, 0.6) is 0 Å². The SMILES string of the molecule is Cc1cc(=O)oc(C)c1C(=O)OCc1noc(C2CC2)n1. The van der Waals surface area contributed by atoms with Gasteiger partial charge in [-0.05, 0) is 32.3 Å². The second-order valence-corrected chi connectivity index (χ2v) is 5.08. The van der Waals surface area contributed by atoms with Crippen molar-refractivity contribution in [2.45, 2.75) is 39.2 Å². The van der Waals surface area contributed by atoms with Crippen molar-refractivity contribution in [3.63, 3.8) is 0 Å². The van der Waals surface area contributed by atoms with Crippen molar-refractivity contribution in [3.05, 3.63) is 45.1 Å². The largest absolute Gasteiger partial charge is 0.454 e. The Balaban J connectivity index is 1.69. The van der Waals surface area contributed by atoms with Gasteiger partial charge >= 0.3 is 11.6 Å². The van der Waals surface area contributed by atoms with E-state index in [1.807, 2.05) is 0 Å². The first-order valence-electron chi connectivity index (χ1n) is 6.65. The average molecular weight is 290 g/mol. The number of nitrogens with zero attached hydrogens (tertiary/aromatic N) is 2. The van der Waals surface area contributed by atoms with Crippen LogP contribution in [-0.2, 0) is 11.3 Å². The topological polar surface area (TPSA) is 95.4 Å². The van der Waals surface area contributed by atoms with Crippen LogP contribution < -0.4 is 5.63 Å². The molecule has 1 aliphatic rings. The van der Waals surface area contributed by atoms with E-state index in [1.165, 1.54) is 6.07 Å². The minimum Gasteiger partial charge on any atom is -0.454 e. The first kappa shape index (κ1) is 13.5. The van der Waals surface area contributed by atoms with Gasteiger partial charge in [0.1, 0.15) is 11.3 Å². The molecule has 7 nitrogen and oxygen atoms in total. The smallest absolute Gasteiger partial charge is 0.342 e. The molecule has 3 rings (SSSR count). The minimum absolute atomic E-state index is 0.0763. The highest BCUT2D eigenvalue weighted by molar-refractivity contribution is 5.91. The van der Waals surface area contributed by atoms with Gasteiger partial charge in [0, 0.05) is 12.0 Å². The van der Waals surface area contributed by atoms with Gasteiger partial charge in [0.25, 0.3) is 0 Å². The molecule has 1 saturated carbocycles. The molecule has 0 amide bonds. The molecular weight excluding hydrogens is 276 g/mol. The summed E-state index contributed by atoms with van der Waals surface area (Å²) in [7, 11) is 0. The van der Waals surface area contributed by atoms with Gasteiger partial charge in [-0.2, -0.15) is 4.98 Å². The van der Waals surface area contributed by atoms with Crippen molar-refractivity contribution >= 4 is 5.97 Å². The van der Waals surface area contributed by atoms with E-state index < -0.39 is 11.6 Å². The van der Waals surface area contributed by atoms with Crippen molar-refractivity contribution in [1.82, 2.24) is 10.1 Å². The Morgan fingerprint density at radius 2 is 2.19 bits per heavy atom. The highest BCUT2D eigenvalue weighted by atomic mass is 16.5. The average Bonchev–Trinajstić information content (AvgIpc) is 3.14. The lowest BCUT2D eigenvalue weighted by atomic mass is 10.1. The molecule has 2 aromatic heterocycles. The molecule has 0 aliphatic heterocycles. The summed E-state index contributed by atoms with van der Waals surface area (Å²) >= 11 is 0. The van der Waals surface area contributed by atoms with Crippen LogP contribution in [0.3, 0.4) is 0 Å². The number of hydrogen-bond donors (Lipinski definition) is 0. The Morgan fingerprint density at radius 3 is 2.86 bits per heavy atom. The predicted molar refractivity (Wildman–Crippen MR) is 69.8 cm³/mol. The normalized spacial score (nSPS) is 14.2. The van der Waals surface area contributed by atoms with Gasteiger partial charge in [0.15, 0.2) is 6.61 Å². The zero-order valence-electron chi connectivity index (χ0n) is 11.7. The van der Waals surface area contributed by atoms with Gasteiger partial charge in [-0.3, -0.25) is 0 Å². The Kier molecular flexibility index (Phi) is 3.32. The maximum absolute atomic E-state index is 12.1. The number of ether oxygens (including phenoxy) is 1. The van der Waals surface area contributed by atoms with E-state index in [4.69, 9.17) is 13.7 Å². The number of esters is 1. The highest BCUT2D eigenvalue weighted by Crippen LogP contribution is 2.38. The van der Waals surface area contributed by atoms with Crippen LogP contribution in [0.1, 0.15) is 52.2 Å². The molecule has 21 heavy (non-hydrogen) atoms. The summed E-state index contributed by atoms with van der Waals surface area (Å²) in [6.45, 7) is 3.12. The Morgan fingerprint density at radius 1 is 1.43 bits per heavy atom. The van der Waals surface area contributed by atoms with Crippen LogP contribution in [0.2, 0.25) is 0 Å². The maximum atomic E-state index is 12.1. The Bertz CT molecular complexity index is 716. The molecule has 0 unspecified atom stereocenters. The van der Waals surface area contributed by atoms with Crippen LogP contribution in [0.25, 0.3) is 0 Å². The first-order chi connectivity index (χ1) is 10.0. The van der Waals surface area contributed by atoms with Crippen molar-refractivity contribution in [3.8, 4) is 0 Å². The lowest BCUT2D eigenvalue weighted by Gasteiger charge is -2.06. The number of rotatable bonds is 4. The molecule has 1 fully saturated rings. The van der Waals surface area contributed by atoms with Gasteiger partial charge in [-0.25, -0.2) is 9.59 Å². The summed E-state index contributed by atoms with van der Waals surface area (Å²) < 4.78 is 15.1. The summed E-state index contributed by atoms with van der Waals surface area (Å²) in [5, 5.41) is 3.77. The van der Waals surface area contributed by atoms with Gasteiger partial charge in [0.2, 0.25) is 11.7 Å². The van der Waals surface area contributed by atoms with Gasteiger partial charge in [-0.15, -0.1) is 0 Å². The van der Waals surface area contributed by atoms with E-state index in [0.717, 1.165) is 12.8 Å². The predicted octanol–water partition coefficient (Wildman–Crippen LogP) is 1.87. The Labute approximate surface area is 119 Å². The molecule has 0 bridgehead atoms. The zero-order chi connectivity index (χ0) is 15.0. The molecule has 110 valence electrons. The van der Waals surface area contributed by atoms with Crippen LogP contribution in [-0.4, -0.2) is 16.1 Å². The van der Waals surface area contributed by atoms with Crippen LogP contribution in [0.15, 0.2) is 19.8 Å². The van der Waals surface area contributed by atoms with Gasteiger partial charge < -0.3 is 13.7 Å². The third-order valence-corrected chi connectivity index (χ3v) is 3.28. The summed E-state index contributed by atoms with van der Waals surface area (Å²) in [6, 6.07) is 1.25. The van der Waals surface area contributed by atoms with Crippen LogP contribution >= 0.6 is 0 Å². The van der Waals surface area contributed by atoms with Gasteiger partial charge in [0.05, 0.1) is 0 Å². The van der Waals surface area contributed by atoms with Crippen molar-refractivity contribution in [1.29, 1.82) is 0 Å². The number of carbonyl (C=O) groups excluding carboxylic acids is 1. The standard InChI is InChI=1S/C14H14N2O5/c1-7-5-11(17)20-8(2)12(7)14(18)19-6-10-15-13(21-16-10)9-3-4-9/h5,9H,3-4,6H2,1-2H3. The first-order valence-corrected chi connectivity index (χ1v) is 6.65. The molecule has 0 radical (unpaired) electrons. The summed E-state index contributed by atoms with van der Waals surface area (Å²) in [5.41, 5.74) is 0.273. The minimum atomic E-state index is -0.577. The van der Waals surface area contributed by atoms with Crippen molar-refractivity contribution in [2.75, 3.05) is 0 Å². The molecule has 2 aromatic rings. The summed E-state index contributed by atoms with van der Waals surface area (Å²) in [6.07, 6.45) is 2.12. The fourth-order valence-electron chi connectivity index (χ4n) is 2.09. The number of carbonyl (C=O) groups is 1. The second kappa shape index (κ2) is 5.16. The number of aromatic nitrogens is 2. The quantitative estimate of drug-likeness (QED) is 0.793. The van der Waals surface area contributed by atoms with Crippen molar-refractivity contribution in [2.24, 2.45) is 0 Å². The molecule has 0 aromatic carbocycles. The third-order valence-electron chi connectivity index (χ3n) is 3.28. The molecule has 1 aliphatic carbocycles. The molecule has 0 N–H and O–H groups in total. The maximum Gasteiger partial charge on any atom is 0.342 e. The lowest BCUT2D eigenvalue weighted by molar-refractivity contribution is 0.0454. The van der Waals surface area contributed by atoms with E-state index >= 15 is 0 Å². The van der Waals surface area contributed by atoms with Gasteiger partial charge in [-0.1, -0.05) is 5.16 Å².